The SMILES string of the molecule is CN(c1ccc(-c2ccc(-n3cccn3)c3nnn(COCC[Si](C)(C)C)c23)nn1)C1CC2CC[C@@H](C1)N2C(=O)O. The predicted octanol–water partition coefficient (Wildman–Crippen LogP) is 4.50. The van der Waals surface area contributed by atoms with Crippen molar-refractivity contribution in [1.29, 1.82) is 0 Å². The van der Waals surface area contributed by atoms with Gasteiger partial charge >= 0.3 is 6.09 Å². The maximum atomic E-state index is 11.7. The number of hydrogen-bond acceptors (Lipinski definition) is 8. The van der Waals surface area contributed by atoms with Crippen LogP contribution in [0.3, 0.4) is 0 Å². The summed E-state index contributed by atoms with van der Waals surface area (Å²) in [6.07, 6.45) is 6.29. The number of nitrogens with zero attached hydrogens (tertiary/aromatic N) is 9. The highest BCUT2D eigenvalue weighted by Gasteiger charge is 2.44. The molecule has 3 atom stereocenters. The third-order valence-electron chi connectivity index (χ3n) is 8.37. The lowest BCUT2D eigenvalue weighted by Gasteiger charge is -2.41. The number of piperidine rings is 1. The minimum Gasteiger partial charge on any atom is -0.465 e. The Balaban J connectivity index is 1.27. The molecule has 1 amide bonds. The number of benzene rings is 1. The number of fused-ring (bicyclic) bond motifs is 3. The molecular weight excluding hydrogens is 538 g/mol. The predicted molar refractivity (Wildman–Crippen MR) is 158 cm³/mol. The summed E-state index contributed by atoms with van der Waals surface area (Å²) in [6, 6.07) is 11.3. The van der Waals surface area contributed by atoms with Gasteiger partial charge in [-0.25, -0.2) is 14.2 Å². The molecule has 41 heavy (non-hydrogen) atoms. The number of rotatable bonds is 9. The van der Waals surface area contributed by atoms with Crippen molar-refractivity contribution in [3.63, 3.8) is 0 Å². The molecule has 216 valence electrons. The number of aromatic nitrogens is 7. The third-order valence-corrected chi connectivity index (χ3v) is 10.1. The molecule has 6 rings (SSSR count). The van der Waals surface area contributed by atoms with E-state index in [1.165, 1.54) is 0 Å². The zero-order chi connectivity index (χ0) is 28.7. The van der Waals surface area contributed by atoms with Crippen molar-refractivity contribution in [2.24, 2.45) is 0 Å². The molecule has 0 saturated carbocycles. The summed E-state index contributed by atoms with van der Waals surface area (Å²) in [5.74, 6) is 0.771. The van der Waals surface area contributed by atoms with Crippen LogP contribution in [0.15, 0.2) is 42.7 Å². The zero-order valence-electron chi connectivity index (χ0n) is 24.0. The second-order valence-electron chi connectivity index (χ2n) is 12.3. The molecule has 12 nitrogen and oxygen atoms in total. The van der Waals surface area contributed by atoms with Crippen LogP contribution in [0.4, 0.5) is 10.6 Å². The molecule has 2 fully saturated rings. The molecule has 13 heteroatoms. The van der Waals surface area contributed by atoms with Crippen LogP contribution < -0.4 is 4.90 Å². The number of carboxylic acid groups (broad SMARTS) is 1. The number of carbonyl (C=O) groups is 1. The van der Waals surface area contributed by atoms with Gasteiger partial charge in [-0.2, -0.15) is 5.10 Å². The third kappa shape index (κ3) is 5.43. The van der Waals surface area contributed by atoms with Crippen LogP contribution in [0.25, 0.3) is 28.0 Å². The van der Waals surface area contributed by atoms with Crippen LogP contribution in [0.2, 0.25) is 25.7 Å². The van der Waals surface area contributed by atoms with E-state index in [1.54, 1.807) is 20.5 Å². The molecule has 2 aliphatic rings. The van der Waals surface area contributed by atoms with Gasteiger partial charge in [0, 0.05) is 57.8 Å². The molecule has 5 heterocycles. The molecule has 2 bridgehead atoms. The standard InChI is InChI=1S/C28H37N9O3Si/c1-34(21-16-19-6-7-20(17-21)37(19)28(38)39)25-11-9-23(30-31-25)22-8-10-24(35-13-5-12-29-35)26-27(22)36(33-32-26)18-40-14-15-41(2,3)4/h5,8-13,19-21H,6-7,14-18H2,1-4H3,(H,38,39)/t19-,20?,21?/m0/s1. The Labute approximate surface area is 239 Å². The van der Waals surface area contributed by atoms with Gasteiger partial charge in [-0.1, -0.05) is 24.9 Å². The summed E-state index contributed by atoms with van der Waals surface area (Å²) in [5.41, 5.74) is 3.94. The summed E-state index contributed by atoms with van der Waals surface area (Å²) in [4.78, 5) is 15.5. The molecule has 2 saturated heterocycles. The van der Waals surface area contributed by atoms with Gasteiger partial charge in [0.25, 0.3) is 0 Å². The second-order valence-corrected chi connectivity index (χ2v) is 17.9. The van der Waals surface area contributed by atoms with E-state index in [1.807, 2.05) is 43.6 Å². The number of hydrogen-bond donors (Lipinski definition) is 1. The maximum Gasteiger partial charge on any atom is 0.407 e. The lowest BCUT2D eigenvalue weighted by Crippen LogP contribution is -2.51. The van der Waals surface area contributed by atoms with Crippen LogP contribution >= 0.6 is 0 Å². The van der Waals surface area contributed by atoms with Crippen molar-refractivity contribution in [3.05, 3.63) is 42.7 Å². The summed E-state index contributed by atoms with van der Waals surface area (Å²) in [6.45, 7) is 7.97. The van der Waals surface area contributed by atoms with E-state index >= 15 is 0 Å². The molecule has 3 aromatic heterocycles. The first-order chi connectivity index (χ1) is 19.7. The zero-order valence-corrected chi connectivity index (χ0v) is 25.0. The quantitative estimate of drug-likeness (QED) is 0.227. The van der Waals surface area contributed by atoms with E-state index in [-0.39, 0.29) is 18.1 Å². The Morgan fingerprint density at radius 1 is 1.10 bits per heavy atom. The van der Waals surface area contributed by atoms with Gasteiger partial charge in [-0.3, -0.25) is 0 Å². The maximum absolute atomic E-state index is 11.7. The van der Waals surface area contributed by atoms with E-state index in [0.717, 1.165) is 54.3 Å². The van der Waals surface area contributed by atoms with Gasteiger partial charge < -0.3 is 19.6 Å². The number of anilines is 1. The Hall–Kier alpha value is -3.84. The van der Waals surface area contributed by atoms with Crippen molar-refractivity contribution in [1.82, 2.24) is 39.9 Å². The van der Waals surface area contributed by atoms with E-state index in [9.17, 15) is 9.90 Å². The first-order valence-electron chi connectivity index (χ1n) is 14.2. The molecule has 1 aromatic carbocycles. The van der Waals surface area contributed by atoms with Crippen LogP contribution in [0.1, 0.15) is 25.7 Å². The average Bonchev–Trinajstić information content (AvgIpc) is 3.69. The molecule has 2 unspecified atom stereocenters. The van der Waals surface area contributed by atoms with Gasteiger partial charge in [0.05, 0.1) is 11.4 Å². The largest absolute Gasteiger partial charge is 0.465 e. The number of amides is 1. The van der Waals surface area contributed by atoms with Crippen molar-refractivity contribution in [3.8, 4) is 16.9 Å². The molecule has 2 aliphatic heterocycles. The van der Waals surface area contributed by atoms with E-state index < -0.39 is 14.2 Å². The van der Waals surface area contributed by atoms with Crippen molar-refractivity contribution < 1.29 is 14.6 Å². The van der Waals surface area contributed by atoms with Crippen molar-refractivity contribution >= 4 is 31.0 Å². The Morgan fingerprint density at radius 3 is 2.51 bits per heavy atom. The van der Waals surface area contributed by atoms with Gasteiger partial charge in [0.2, 0.25) is 0 Å². The molecule has 4 aromatic rings. The highest BCUT2D eigenvalue weighted by Crippen LogP contribution is 2.38. The summed E-state index contributed by atoms with van der Waals surface area (Å²) >= 11 is 0. The van der Waals surface area contributed by atoms with Crippen molar-refractivity contribution in [2.45, 2.75) is 76.2 Å². The molecule has 0 spiro atoms. The monoisotopic (exact) mass is 575 g/mol. The minimum absolute atomic E-state index is 0.0771. The summed E-state index contributed by atoms with van der Waals surface area (Å²) in [5, 5.41) is 32.2. The Morgan fingerprint density at radius 2 is 1.88 bits per heavy atom. The fourth-order valence-electron chi connectivity index (χ4n) is 6.12. The summed E-state index contributed by atoms with van der Waals surface area (Å²) < 4.78 is 9.60. The molecule has 0 aliphatic carbocycles. The van der Waals surface area contributed by atoms with Gasteiger partial charge in [0.1, 0.15) is 17.8 Å². The summed E-state index contributed by atoms with van der Waals surface area (Å²) in [7, 11) is 0.811. The van der Waals surface area contributed by atoms with Gasteiger partial charge in [-0.15, -0.1) is 15.3 Å². The lowest BCUT2D eigenvalue weighted by molar-refractivity contribution is 0.0803. The second kappa shape index (κ2) is 10.9. The highest BCUT2D eigenvalue weighted by atomic mass is 28.3. The van der Waals surface area contributed by atoms with E-state index in [0.29, 0.717) is 24.5 Å². The van der Waals surface area contributed by atoms with Gasteiger partial charge in [0.15, 0.2) is 5.82 Å². The lowest BCUT2D eigenvalue weighted by atomic mass is 9.96. The van der Waals surface area contributed by atoms with Crippen LogP contribution in [0, 0.1) is 0 Å². The Bertz CT molecular complexity index is 1500. The first-order valence-corrected chi connectivity index (χ1v) is 17.9. The fourth-order valence-corrected chi connectivity index (χ4v) is 6.87. The Kier molecular flexibility index (Phi) is 7.24. The number of ether oxygens (including phenoxy) is 1. The highest BCUT2D eigenvalue weighted by molar-refractivity contribution is 6.76. The first kappa shape index (κ1) is 27.3. The van der Waals surface area contributed by atoms with Crippen molar-refractivity contribution in [2.75, 3.05) is 18.6 Å². The van der Waals surface area contributed by atoms with Crippen LogP contribution in [-0.2, 0) is 11.5 Å². The van der Waals surface area contributed by atoms with Crippen LogP contribution in [-0.4, -0.2) is 90.9 Å². The van der Waals surface area contributed by atoms with Crippen LogP contribution in [0.5, 0.6) is 0 Å². The fraction of sp³-hybridized carbons (Fsp3) is 0.500. The molecule has 1 N–H and O–H groups in total. The normalized spacial score (nSPS) is 20.6. The molecular formula is C28H37N9O3Si. The van der Waals surface area contributed by atoms with Gasteiger partial charge in [-0.05, 0) is 62.1 Å². The average molecular weight is 576 g/mol. The smallest absolute Gasteiger partial charge is 0.407 e. The van der Waals surface area contributed by atoms with E-state index in [2.05, 4.69) is 50.1 Å². The molecule has 0 radical (unpaired) electrons. The topological polar surface area (TPSA) is 127 Å². The minimum atomic E-state index is -1.21. The van der Waals surface area contributed by atoms with E-state index in [4.69, 9.17) is 4.74 Å².